The lowest BCUT2D eigenvalue weighted by atomic mass is 10.5. The number of hydrogen-bond donors (Lipinski definition) is 0. The summed E-state index contributed by atoms with van der Waals surface area (Å²) < 4.78 is 1.83. The van der Waals surface area contributed by atoms with Gasteiger partial charge in [-0.25, -0.2) is 0 Å². The number of aromatic nitrogens is 1. The van der Waals surface area contributed by atoms with Gasteiger partial charge in [0.15, 0.2) is 0 Å². The molecule has 0 saturated carbocycles. The van der Waals surface area contributed by atoms with Gasteiger partial charge < -0.3 is 9.67 Å². The van der Waals surface area contributed by atoms with Gasteiger partial charge in [0, 0.05) is 18.9 Å². The van der Waals surface area contributed by atoms with Gasteiger partial charge in [-0.1, -0.05) is 6.61 Å². The highest BCUT2D eigenvalue weighted by molar-refractivity contribution is 5.04. The van der Waals surface area contributed by atoms with Crippen LogP contribution in [0.3, 0.4) is 0 Å². The first kappa shape index (κ1) is 5.38. The largest absolute Gasteiger partial charge is 0.850 e. The average Bonchev–Trinajstić information content (AvgIpc) is 2.14. The van der Waals surface area contributed by atoms with Crippen molar-refractivity contribution in [1.82, 2.24) is 4.57 Å². The number of aryl methyl sites for hydroxylation is 1. The lowest BCUT2D eigenvalue weighted by Gasteiger charge is -2.03. The predicted molar refractivity (Wildman–Crippen MR) is 29.1 cm³/mol. The van der Waals surface area contributed by atoms with Gasteiger partial charge in [-0.15, -0.1) is 0 Å². The molecule has 0 bridgehead atoms. The van der Waals surface area contributed by atoms with E-state index in [-0.39, 0.29) is 6.61 Å². The normalized spacial score (nSPS) is 9.75. The minimum Gasteiger partial charge on any atom is -0.850 e. The Kier molecular flexibility index (Phi) is 1.35. The molecule has 0 aliphatic rings. The van der Waals surface area contributed by atoms with Crippen LogP contribution in [-0.4, -0.2) is 4.57 Å². The summed E-state index contributed by atoms with van der Waals surface area (Å²) in [6.45, 7) is -0.122. The minimum absolute atomic E-state index is 0.122. The quantitative estimate of drug-likeness (QED) is 0.495. The Morgan fingerprint density at radius 1 is 1.75 bits per heavy atom. The van der Waals surface area contributed by atoms with Crippen LogP contribution in [0.1, 0.15) is 5.69 Å². The van der Waals surface area contributed by atoms with Gasteiger partial charge in [-0.05, 0) is 12.1 Å². The molecule has 0 unspecified atom stereocenters. The van der Waals surface area contributed by atoms with Gasteiger partial charge in [-0.3, -0.25) is 0 Å². The highest BCUT2D eigenvalue weighted by Crippen LogP contribution is 1.95. The van der Waals surface area contributed by atoms with Gasteiger partial charge in [0.2, 0.25) is 0 Å². The molecule has 0 fully saturated rings. The lowest BCUT2D eigenvalue weighted by molar-refractivity contribution is -0.387. The van der Waals surface area contributed by atoms with Gasteiger partial charge in [0.05, 0.1) is 0 Å². The second kappa shape index (κ2) is 2.01. The van der Waals surface area contributed by atoms with Gasteiger partial charge in [0.25, 0.3) is 0 Å². The van der Waals surface area contributed by atoms with E-state index in [2.05, 4.69) is 0 Å². The molecular weight excluding hydrogens is 102 g/mol. The van der Waals surface area contributed by atoms with Crippen molar-refractivity contribution in [3.8, 4) is 0 Å². The number of nitrogens with zero attached hydrogens (tertiary/aromatic N) is 1. The first-order valence-electron chi connectivity index (χ1n) is 2.53. The third kappa shape index (κ3) is 0.746. The molecule has 0 saturated heterocycles. The first-order chi connectivity index (χ1) is 3.84. The maximum atomic E-state index is 10.2. The Morgan fingerprint density at radius 3 is 2.75 bits per heavy atom. The van der Waals surface area contributed by atoms with Crippen LogP contribution in [0.2, 0.25) is 0 Å². The Labute approximate surface area is 48.4 Å². The first-order valence-corrected chi connectivity index (χ1v) is 2.53. The molecule has 2 heteroatoms. The zero-order valence-electron chi connectivity index (χ0n) is 4.79. The van der Waals surface area contributed by atoms with Crippen molar-refractivity contribution in [1.29, 1.82) is 0 Å². The Bertz CT molecular complexity index is 169. The molecule has 0 amide bonds. The molecule has 1 rings (SSSR count). The van der Waals surface area contributed by atoms with E-state index in [0.717, 1.165) is 5.69 Å². The third-order valence-corrected chi connectivity index (χ3v) is 1.20. The van der Waals surface area contributed by atoms with Crippen LogP contribution in [-0.2, 0) is 13.7 Å². The second-order valence-electron chi connectivity index (χ2n) is 1.75. The fourth-order valence-corrected chi connectivity index (χ4v) is 0.646. The average molecular weight is 110 g/mol. The van der Waals surface area contributed by atoms with Gasteiger partial charge in [-0.2, -0.15) is 0 Å². The monoisotopic (exact) mass is 110 g/mol. The molecule has 0 aliphatic carbocycles. The minimum atomic E-state index is -0.122. The van der Waals surface area contributed by atoms with E-state index < -0.39 is 0 Å². The van der Waals surface area contributed by atoms with Gasteiger partial charge in [0.1, 0.15) is 0 Å². The Balaban J connectivity index is 2.92. The van der Waals surface area contributed by atoms with E-state index in [1.807, 2.05) is 29.9 Å². The van der Waals surface area contributed by atoms with Crippen LogP contribution in [0.4, 0.5) is 0 Å². The summed E-state index contributed by atoms with van der Waals surface area (Å²) >= 11 is 0. The molecule has 0 aliphatic heterocycles. The second-order valence-corrected chi connectivity index (χ2v) is 1.75. The van der Waals surface area contributed by atoms with Crippen LogP contribution in [0.5, 0.6) is 0 Å². The molecule has 8 heavy (non-hydrogen) atoms. The smallest absolute Gasteiger partial charge is 0.0108 e. The van der Waals surface area contributed by atoms with Crippen molar-refractivity contribution in [3.05, 3.63) is 24.0 Å². The molecule has 1 aromatic heterocycles. The highest BCUT2D eigenvalue weighted by Gasteiger charge is 1.84. The zero-order valence-corrected chi connectivity index (χ0v) is 4.79. The maximum Gasteiger partial charge on any atom is 0.0108 e. The maximum absolute atomic E-state index is 10.2. The topological polar surface area (TPSA) is 28.0 Å². The van der Waals surface area contributed by atoms with Crippen LogP contribution >= 0.6 is 0 Å². The molecule has 1 aromatic rings. The van der Waals surface area contributed by atoms with E-state index in [1.54, 1.807) is 0 Å². The molecule has 1 heterocycles. The molecule has 0 radical (unpaired) electrons. The summed E-state index contributed by atoms with van der Waals surface area (Å²) in [7, 11) is 1.87. The van der Waals surface area contributed by atoms with E-state index in [4.69, 9.17) is 0 Å². The Hall–Kier alpha value is -0.760. The summed E-state index contributed by atoms with van der Waals surface area (Å²) in [5.74, 6) is 0. The summed E-state index contributed by atoms with van der Waals surface area (Å²) in [6.07, 6.45) is 1.87. The van der Waals surface area contributed by atoms with E-state index in [9.17, 15) is 5.11 Å². The van der Waals surface area contributed by atoms with Crippen molar-refractivity contribution < 1.29 is 5.11 Å². The molecule has 0 spiro atoms. The third-order valence-electron chi connectivity index (χ3n) is 1.20. The summed E-state index contributed by atoms with van der Waals surface area (Å²) in [5, 5.41) is 10.2. The fourth-order valence-electron chi connectivity index (χ4n) is 0.646. The van der Waals surface area contributed by atoms with Crippen LogP contribution < -0.4 is 5.11 Å². The van der Waals surface area contributed by atoms with Crippen molar-refractivity contribution in [3.63, 3.8) is 0 Å². The molecule has 0 atom stereocenters. The van der Waals surface area contributed by atoms with Crippen LogP contribution in [0, 0.1) is 0 Å². The van der Waals surface area contributed by atoms with Crippen LogP contribution in [0.15, 0.2) is 18.3 Å². The molecule has 44 valence electrons. The van der Waals surface area contributed by atoms with Crippen molar-refractivity contribution >= 4 is 0 Å². The van der Waals surface area contributed by atoms with Crippen LogP contribution in [0.25, 0.3) is 0 Å². The van der Waals surface area contributed by atoms with Crippen molar-refractivity contribution in [2.45, 2.75) is 6.61 Å². The number of hydrogen-bond acceptors (Lipinski definition) is 1. The fraction of sp³-hybridized carbons (Fsp3) is 0.333. The van der Waals surface area contributed by atoms with E-state index in [0.29, 0.717) is 0 Å². The summed E-state index contributed by atoms with van der Waals surface area (Å²) in [6, 6.07) is 3.69. The van der Waals surface area contributed by atoms with Crippen molar-refractivity contribution in [2.24, 2.45) is 7.05 Å². The number of rotatable bonds is 1. The Morgan fingerprint density at radius 2 is 2.50 bits per heavy atom. The molecular formula is C6H8NO-. The molecule has 0 N–H and O–H groups in total. The zero-order chi connectivity index (χ0) is 5.98. The molecule has 2 nitrogen and oxygen atoms in total. The lowest BCUT2D eigenvalue weighted by Crippen LogP contribution is -2.06. The highest BCUT2D eigenvalue weighted by atomic mass is 16.3. The summed E-state index contributed by atoms with van der Waals surface area (Å²) in [4.78, 5) is 0. The van der Waals surface area contributed by atoms with Gasteiger partial charge >= 0.3 is 0 Å². The molecule has 0 aromatic carbocycles. The predicted octanol–water partition coefficient (Wildman–Crippen LogP) is -0.115. The standard InChI is InChI=1S/C6H8NO/c1-7-4-2-3-6(7)5-8/h2-4H,5H2,1H3/q-1. The van der Waals surface area contributed by atoms with E-state index >= 15 is 0 Å². The SMILES string of the molecule is Cn1cccc1C[O-]. The van der Waals surface area contributed by atoms with Crippen molar-refractivity contribution in [2.75, 3.05) is 0 Å². The van der Waals surface area contributed by atoms with E-state index in [1.165, 1.54) is 0 Å². The summed E-state index contributed by atoms with van der Waals surface area (Å²) in [5.41, 5.74) is 0.838.